The van der Waals surface area contributed by atoms with E-state index >= 15 is 0 Å². The summed E-state index contributed by atoms with van der Waals surface area (Å²) in [5.41, 5.74) is 8.17. The highest BCUT2D eigenvalue weighted by molar-refractivity contribution is 7.19. The zero-order valence-corrected chi connectivity index (χ0v) is 10.1. The molecule has 0 aliphatic heterocycles. The van der Waals surface area contributed by atoms with E-state index in [1.807, 2.05) is 24.3 Å². The van der Waals surface area contributed by atoms with Gasteiger partial charge in [0.1, 0.15) is 15.8 Å². The van der Waals surface area contributed by atoms with Crippen molar-refractivity contribution in [3.8, 4) is 17.3 Å². The minimum Gasteiger partial charge on any atom is -0.396 e. The highest BCUT2D eigenvalue weighted by Gasteiger charge is 2.11. The molecule has 0 radical (unpaired) electrons. The van der Waals surface area contributed by atoms with Crippen molar-refractivity contribution in [2.24, 2.45) is 0 Å². The van der Waals surface area contributed by atoms with Gasteiger partial charge < -0.3 is 5.73 Å². The fourth-order valence-electron chi connectivity index (χ4n) is 1.76. The zero-order valence-electron chi connectivity index (χ0n) is 9.29. The fraction of sp³-hybridized carbons (Fsp3) is 0. The van der Waals surface area contributed by atoms with Crippen LogP contribution in [0.25, 0.3) is 21.5 Å². The van der Waals surface area contributed by atoms with E-state index in [-0.39, 0.29) is 0 Å². The Morgan fingerprint density at radius 1 is 1.28 bits per heavy atom. The minimum atomic E-state index is 0.515. The molecule has 2 N–H and O–H groups in total. The number of hydrogen-bond donors (Lipinski definition) is 1. The molecule has 0 spiro atoms. The van der Waals surface area contributed by atoms with Gasteiger partial charge in [0.25, 0.3) is 0 Å². The number of hydrogen-bond acceptors (Lipinski definition) is 5. The molecule has 0 aliphatic carbocycles. The maximum absolute atomic E-state index is 8.95. The smallest absolute Gasteiger partial charge is 0.130 e. The number of nitrogens with zero attached hydrogens (tertiary/aromatic N) is 3. The summed E-state index contributed by atoms with van der Waals surface area (Å²) in [5.74, 6) is 0. The maximum atomic E-state index is 8.95. The largest absolute Gasteiger partial charge is 0.396 e. The predicted molar refractivity (Wildman–Crippen MR) is 72.0 cm³/mol. The lowest BCUT2D eigenvalue weighted by Gasteiger charge is -1.99. The van der Waals surface area contributed by atoms with E-state index in [4.69, 9.17) is 11.0 Å². The van der Waals surface area contributed by atoms with Gasteiger partial charge in [0.05, 0.1) is 11.4 Å². The molecule has 0 amide bonds. The van der Waals surface area contributed by atoms with Crippen molar-refractivity contribution in [1.82, 2.24) is 9.97 Å². The second kappa shape index (κ2) is 4.09. The van der Waals surface area contributed by atoms with Gasteiger partial charge in [0.15, 0.2) is 0 Å². The normalized spacial score (nSPS) is 10.4. The molecule has 3 aromatic heterocycles. The Morgan fingerprint density at radius 3 is 2.89 bits per heavy atom. The average molecular weight is 252 g/mol. The molecule has 86 valence electrons. The number of fused-ring (bicyclic) bond motifs is 1. The summed E-state index contributed by atoms with van der Waals surface area (Å²) in [6, 6.07) is 9.69. The van der Waals surface area contributed by atoms with Crippen LogP contribution in [0, 0.1) is 11.3 Å². The van der Waals surface area contributed by atoms with Crippen LogP contribution in [0.2, 0.25) is 0 Å². The molecule has 0 bridgehead atoms. The van der Waals surface area contributed by atoms with Crippen LogP contribution in [-0.2, 0) is 0 Å². The first-order valence-electron chi connectivity index (χ1n) is 5.29. The number of nitriles is 1. The van der Waals surface area contributed by atoms with Crippen molar-refractivity contribution < 1.29 is 0 Å². The number of thiophene rings is 1. The number of nitrogen functional groups attached to an aromatic ring is 1. The summed E-state index contributed by atoms with van der Waals surface area (Å²) < 4.78 is 0. The molecule has 0 aliphatic rings. The predicted octanol–water partition coefficient (Wildman–Crippen LogP) is 2.81. The standard InChI is InChI=1S/C13H8N4S/c14-6-11-12(15)9-3-4-10(17-13(9)18-11)8-2-1-5-16-7-8/h1-5,7H,15H2. The minimum absolute atomic E-state index is 0.515. The zero-order chi connectivity index (χ0) is 12.5. The number of rotatable bonds is 1. The Labute approximate surface area is 107 Å². The van der Waals surface area contributed by atoms with Crippen LogP contribution < -0.4 is 5.73 Å². The molecule has 0 fully saturated rings. The molecule has 0 saturated carbocycles. The molecule has 18 heavy (non-hydrogen) atoms. The number of pyridine rings is 2. The quantitative estimate of drug-likeness (QED) is 0.722. The summed E-state index contributed by atoms with van der Waals surface area (Å²) in [6.07, 6.45) is 3.48. The van der Waals surface area contributed by atoms with Crippen molar-refractivity contribution in [2.75, 3.05) is 5.73 Å². The van der Waals surface area contributed by atoms with Gasteiger partial charge in [-0.05, 0) is 24.3 Å². The highest BCUT2D eigenvalue weighted by atomic mass is 32.1. The molecule has 0 unspecified atom stereocenters. The first-order valence-corrected chi connectivity index (χ1v) is 6.11. The SMILES string of the molecule is N#Cc1sc2nc(-c3cccnc3)ccc2c1N. The third kappa shape index (κ3) is 1.60. The van der Waals surface area contributed by atoms with Crippen molar-refractivity contribution in [1.29, 1.82) is 5.26 Å². The first-order chi connectivity index (χ1) is 8.79. The Bertz CT molecular complexity index is 756. The van der Waals surface area contributed by atoms with E-state index in [9.17, 15) is 0 Å². The Balaban J connectivity index is 2.21. The number of aromatic nitrogens is 2. The van der Waals surface area contributed by atoms with E-state index in [0.717, 1.165) is 21.5 Å². The van der Waals surface area contributed by atoms with Gasteiger partial charge in [-0.2, -0.15) is 5.26 Å². The van der Waals surface area contributed by atoms with Gasteiger partial charge in [-0.25, -0.2) is 4.98 Å². The third-order valence-corrected chi connectivity index (χ3v) is 3.67. The van der Waals surface area contributed by atoms with Gasteiger partial charge in [-0.15, -0.1) is 11.3 Å². The molecule has 4 nitrogen and oxygen atoms in total. The highest BCUT2D eigenvalue weighted by Crippen LogP contribution is 2.33. The fourth-order valence-corrected chi connectivity index (χ4v) is 2.65. The van der Waals surface area contributed by atoms with Crippen molar-refractivity contribution in [3.05, 3.63) is 41.5 Å². The lowest BCUT2D eigenvalue weighted by molar-refractivity contribution is 1.31. The summed E-state index contributed by atoms with van der Waals surface area (Å²) >= 11 is 1.32. The monoisotopic (exact) mass is 252 g/mol. The summed E-state index contributed by atoms with van der Waals surface area (Å²) in [6.45, 7) is 0. The molecule has 0 aromatic carbocycles. The van der Waals surface area contributed by atoms with E-state index in [2.05, 4.69) is 16.0 Å². The summed E-state index contributed by atoms with van der Waals surface area (Å²) in [4.78, 5) is 9.89. The van der Waals surface area contributed by atoms with E-state index < -0.39 is 0 Å². The van der Waals surface area contributed by atoms with Crippen LogP contribution in [0.4, 0.5) is 5.69 Å². The second-order valence-electron chi connectivity index (χ2n) is 3.75. The average Bonchev–Trinajstić information content (AvgIpc) is 2.76. The molecule has 3 heterocycles. The van der Waals surface area contributed by atoms with Crippen LogP contribution in [0.15, 0.2) is 36.7 Å². The Hall–Kier alpha value is -2.45. The first kappa shape index (κ1) is 10.7. The van der Waals surface area contributed by atoms with Crippen molar-refractivity contribution in [3.63, 3.8) is 0 Å². The lowest BCUT2D eigenvalue weighted by Crippen LogP contribution is -1.86. The topological polar surface area (TPSA) is 75.6 Å². The number of nitrogens with two attached hydrogens (primary N) is 1. The van der Waals surface area contributed by atoms with Crippen molar-refractivity contribution in [2.45, 2.75) is 0 Å². The van der Waals surface area contributed by atoms with Crippen LogP contribution in [0.5, 0.6) is 0 Å². The van der Waals surface area contributed by atoms with Crippen LogP contribution >= 0.6 is 11.3 Å². The van der Waals surface area contributed by atoms with E-state index in [1.54, 1.807) is 12.4 Å². The lowest BCUT2D eigenvalue weighted by atomic mass is 10.2. The van der Waals surface area contributed by atoms with Gasteiger partial charge in [-0.1, -0.05) is 0 Å². The van der Waals surface area contributed by atoms with Crippen LogP contribution in [0.3, 0.4) is 0 Å². The van der Waals surface area contributed by atoms with Crippen LogP contribution in [-0.4, -0.2) is 9.97 Å². The Kier molecular flexibility index (Phi) is 2.43. The summed E-state index contributed by atoms with van der Waals surface area (Å²) in [5, 5.41) is 9.79. The van der Waals surface area contributed by atoms with Gasteiger partial charge in [0, 0.05) is 23.3 Å². The van der Waals surface area contributed by atoms with Gasteiger partial charge >= 0.3 is 0 Å². The molecular formula is C13H8N4S. The van der Waals surface area contributed by atoms with Gasteiger partial charge in [-0.3, -0.25) is 4.98 Å². The van der Waals surface area contributed by atoms with Crippen molar-refractivity contribution >= 4 is 27.2 Å². The number of anilines is 1. The molecular weight excluding hydrogens is 244 g/mol. The van der Waals surface area contributed by atoms with E-state index in [0.29, 0.717) is 10.6 Å². The molecule has 0 atom stereocenters. The Morgan fingerprint density at radius 2 is 2.17 bits per heavy atom. The van der Waals surface area contributed by atoms with E-state index in [1.165, 1.54) is 11.3 Å². The van der Waals surface area contributed by atoms with Gasteiger partial charge in [0.2, 0.25) is 0 Å². The molecule has 5 heteroatoms. The second-order valence-corrected chi connectivity index (χ2v) is 4.75. The van der Waals surface area contributed by atoms with Crippen LogP contribution in [0.1, 0.15) is 4.88 Å². The molecule has 3 aromatic rings. The molecule has 0 saturated heterocycles. The molecule has 3 rings (SSSR count). The third-order valence-electron chi connectivity index (χ3n) is 2.65. The maximum Gasteiger partial charge on any atom is 0.130 e. The summed E-state index contributed by atoms with van der Waals surface area (Å²) in [7, 11) is 0.